The number of rotatable bonds is 10. The molecule has 0 saturated heterocycles. The number of benzene rings is 1. The molecule has 9 heteroatoms. The molecule has 1 aromatic carbocycles. The van der Waals surface area contributed by atoms with E-state index in [0.717, 1.165) is 55.1 Å². The summed E-state index contributed by atoms with van der Waals surface area (Å²) in [4.78, 5) is 20.7. The lowest BCUT2D eigenvalue weighted by molar-refractivity contribution is -0.122. The number of nitrogens with one attached hydrogen (secondary N) is 3. The Morgan fingerprint density at radius 3 is 2.73 bits per heavy atom. The third-order valence-corrected chi connectivity index (χ3v) is 4.54. The number of guanidine groups is 1. The molecular formula is C21H31IN6O2. The van der Waals surface area contributed by atoms with Crippen LogP contribution in [0.2, 0.25) is 0 Å². The second-order valence-electron chi connectivity index (χ2n) is 7.15. The zero-order chi connectivity index (χ0) is 20.5. The number of aromatic nitrogens is 2. The minimum atomic E-state index is 0. The monoisotopic (exact) mass is 526 g/mol. The number of carbonyl (C=O) groups excluding carboxylic acids is 1. The Bertz CT molecular complexity index is 834. The van der Waals surface area contributed by atoms with E-state index in [1.165, 1.54) is 0 Å². The molecule has 8 nitrogen and oxygen atoms in total. The molecule has 1 heterocycles. The average molecular weight is 526 g/mol. The van der Waals surface area contributed by atoms with Crippen molar-refractivity contribution in [3.63, 3.8) is 0 Å². The maximum Gasteiger partial charge on any atom is 0.257 e. The van der Waals surface area contributed by atoms with Gasteiger partial charge < -0.3 is 20.5 Å². The summed E-state index contributed by atoms with van der Waals surface area (Å²) in [5.74, 6) is 2.39. The van der Waals surface area contributed by atoms with Gasteiger partial charge in [-0.15, -0.1) is 24.0 Å². The quantitative estimate of drug-likeness (QED) is 0.190. The molecule has 1 fully saturated rings. The standard InChI is InChI=1S/C21H30N6O2.HI/c1-3-6-18-26-20(29-27-18)17-8-5-7-15(13-17)14-25-21(22-4-2)24-12-11-23-19(28)16-9-10-16;/h5,7-8,13,16H,3-4,6,9-12,14H2,1-2H3,(H,23,28)(H2,22,24,25);1H. The molecule has 164 valence electrons. The van der Waals surface area contributed by atoms with E-state index in [0.29, 0.717) is 25.5 Å². The number of amides is 1. The normalized spacial score (nSPS) is 13.5. The molecule has 1 saturated carbocycles. The molecular weight excluding hydrogens is 495 g/mol. The molecule has 0 bridgehead atoms. The first-order valence-corrected chi connectivity index (χ1v) is 10.4. The molecule has 1 amide bonds. The van der Waals surface area contributed by atoms with E-state index < -0.39 is 0 Å². The molecule has 0 atom stereocenters. The summed E-state index contributed by atoms with van der Waals surface area (Å²) in [5, 5.41) is 13.4. The van der Waals surface area contributed by atoms with Crippen LogP contribution in [-0.4, -0.2) is 41.6 Å². The molecule has 0 aliphatic heterocycles. The second-order valence-corrected chi connectivity index (χ2v) is 7.15. The predicted octanol–water partition coefficient (Wildman–Crippen LogP) is 2.89. The summed E-state index contributed by atoms with van der Waals surface area (Å²) >= 11 is 0. The molecule has 0 unspecified atom stereocenters. The van der Waals surface area contributed by atoms with Gasteiger partial charge >= 0.3 is 0 Å². The molecule has 2 aromatic rings. The first kappa shape index (κ1) is 24.1. The maximum atomic E-state index is 11.7. The van der Waals surface area contributed by atoms with E-state index in [-0.39, 0.29) is 35.8 Å². The fourth-order valence-electron chi connectivity index (χ4n) is 2.87. The number of nitrogens with zero attached hydrogens (tertiary/aromatic N) is 3. The van der Waals surface area contributed by atoms with Crippen LogP contribution >= 0.6 is 24.0 Å². The highest BCUT2D eigenvalue weighted by atomic mass is 127. The Balaban J connectivity index is 0.00000320. The zero-order valence-electron chi connectivity index (χ0n) is 17.6. The van der Waals surface area contributed by atoms with Gasteiger partial charge in [0, 0.05) is 37.5 Å². The lowest BCUT2D eigenvalue weighted by Gasteiger charge is -2.12. The summed E-state index contributed by atoms with van der Waals surface area (Å²) < 4.78 is 5.37. The summed E-state index contributed by atoms with van der Waals surface area (Å²) in [6.07, 6.45) is 3.84. The number of aliphatic imine (C=N–C) groups is 1. The van der Waals surface area contributed by atoms with Gasteiger partial charge in [0.2, 0.25) is 5.91 Å². The third kappa shape index (κ3) is 7.58. The molecule has 30 heavy (non-hydrogen) atoms. The number of hydrogen-bond acceptors (Lipinski definition) is 5. The smallest absolute Gasteiger partial charge is 0.257 e. The first-order valence-electron chi connectivity index (χ1n) is 10.4. The van der Waals surface area contributed by atoms with Crippen LogP contribution in [0.3, 0.4) is 0 Å². The minimum Gasteiger partial charge on any atom is -0.357 e. The summed E-state index contributed by atoms with van der Waals surface area (Å²) in [7, 11) is 0. The van der Waals surface area contributed by atoms with Crippen molar-refractivity contribution in [1.29, 1.82) is 0 Å². The topological polar surface area (TPSA) is 104 Å². The fraction of sp³-hybridized carbons (Fsp3) is 0.524. The van der Waals surface area contributed by atoms with Crippen LogP contribution in [0.4, 0.5) is 0 Å². The van der Waals surface area contributed by atoms with Crippen LogP contribution in [0.5, 0.6) is 0 Å². The largest absolute Gasteiger partial charge is 0.357 e. The van der Waals surface area contributed by atoms with Crippen molar-refractivity contribution in [3.05, 3.63) is 35.7 Å². The van der Waals surface area contributed by atoms with Crippen molar-refractivity contribution in [1.82, 2.24) is 26.1 Å². The Hall–Kier alpha value is -2.17. The molecule has 1 aromatic heterocycles. The van der Waals surface area contributed by atoms with Crippen molar-refractivity contribution in [2.45, 2.75) is 46.1 Å². The van der Waals surface area contributed by atoms with Crippen LogP contribution in [0.25, 0.3) is 11.5 Å². The van der Waals surface area contributed by atoms with Gasteiger partial charge in [-0.3, -0.25) is 4.79 Å². The van der Waals surface area contributed by atoms with E-state index in [1.54, 1.807) is 0 Å². The Labute approximate surface area is 194 Å². The Morgan fingerprint density at radius 2 is 2.00 bits per heavy atom. The van der Waals surface area contributed by atoms with Crippen molar-refractivity contribution in [3.8, 4) is 11.5 Å². The van der Waals surface area contributed by atoms with Gasteiger partial charge in [0.25, 0.3) is 5.89 Å². The second kappa shape index (κ2) is 12.5. The van der Waals surface area contributed by atoms with Gasteiger partial charge in [-0.1, -0.05) is 24.2 Å². The van der Waals surface area contributed by atoms with Crippen molar-refractivity contribution in [2.24, 2.45) is 10.9 Å². The van der Waals surface area contributed by atoms with Crippen LogP contribution < -0.4 is 16.0 Å². The molecule has 3 rings (SSSR count). The highest BCUT2D eigenvalue weighted by Crippen LogP contribution is 2.28. The van der Waals surface area contributed by atoms with Crippen molar-refractivity contribution in [2.75, 3.05) is 19.6 Å². The van der Waals surface area contributed by atoms with Gasteiger partial charge in [0.05, 0.1) is 6.54 Å². The number of carbonyl (C=O) groups is 1. The zero-order valence-corrected chi connectivity index (χ0v) is 19.9. The van der Waals surface area contributed by atoms with E-state index in [9.17, 15) is 4.79 Å². The Morgan fingerprint density at radius 1 is 1.20 bits per heavy atom. The van der Waals surface area contributed by atoms with Gasteiger partial charge in [0.1, 0.15) is 0 Å². The number of halogens is 1. The lowest BCUT2D eigenvalue weighted by atomic mass is 10.1. The third-order valence-electron chi connectivity index (χ3n) is 4.54. The van der Waals surface area contributed by atoms with Crippen molar-refractivity contribution < 1.29 is 9.32 Å². The minimum absolute atomic E-state index is 0. The van der Waals surface area contributed by atoms with E-state index in [4.69, 9.17) is 4.52 Å². The first-order chi connectivity index (χ1) is 14.2. The summed E-state index contributed by atoms with van der Waals surface area (Å²) in [5.41, 5.74) is 1.95. The van der Waals surface area contributed by atoms with Crippen LogP contribution in [-0.2, 0) is 17.8 Å². The van der Waals surface area contributed by atoms with E-state index in [2.05, 4.69) is 38.0 Å². The molecule has 1 aliphatic carbocycles. The number of hydrogen-bond donors (Lipinski definition) is 3. The molecule has 0 radical (unpaired) electrons. The van der Waals surface area contributed by atoms with Gasteiger partial charge in [0.15, 0.2) is 11.8 Å². The maximum absolute atomic E-state index is 11.7. The van der Waals surface area contributed by atoms with E-state index in [1.807, 2.05) is 31.2 Å². The average Bonchev–Trinajstić information content (AvgIpc) is 3.48. The van der Waals surface area contributed by atoms with Gasteiger partial charge in [-0.25, -0.2) is 4.99 Å². The van der Waals surface area contributed by atoms with E-state index >= 15 is 0 Å². The van der Waals surface area contributed by atoms with Crippen LogP contribution in [0.15, 0.2) is 33.8 Å². The Kier molecular flexibility index (Phi) is 10.0. The van der Waals surface area contributed by atoms with Crippen molar-refractivity contribution >= 4 is 35.8 Å². The van der Waals surface area contributed by atoms with Crippen LogP contribution in [0.1, 0.15) is 44.5 Å². The molecule has 1 aliphatic rings. The lowest BCUT2D eigenvalue weighted by Crippen LogP contribution is -2.41. The highest BCUT2D eigenvalue weighted by Gasteiger charge is 2.28. The molecule has 3 N–H and O–H groups in total. The fourth-order valence-corrected chi connectivity index (χ4v) is 2.87. The summed E-state index contributed by atoms with van der Waals surface area (Å²) in [6.45, 7) is 6.62. The van der Waals surface area contributed by atoms with Gasteiger partial charge in [-0.05, 0) is 43.9 Å². The number of aryl methyl sites for hydroxylation is 1. The van der Waals surface area contributed by atoms with Gasteiger partial charge in [-0.2, -0.15) is 4.98 Å². The highest BCUT2D eigenvalue weighted by molar-refractivity contribution is 14.0. The predicted molar refractivity (Wildman–Crippen MR) is 128 cm³/mol. The summed E-state index contributed by atoms with van der Waals surface area (Å²) in [6, 6.07) is 7.97. The SMILES string of the molecule is CCCc1noc(-c2cccc(CN=C(NCC)NCCNC(=O)C3CC3)c2)n1.I. The van der Waals surface area contributed by atoms with Crippen LogP contribution in [0, 0.1) is 5.92 Å². The molecule has 0 spiro atoms.